The molecule has 0 aliphatic carbocycles. The lowest BCUT2D eigenvalue weighted by Crippen LogP contribution is -2.17. The Kier molecular flexibility index (Phi) is 9.57. The number of carbonyl (C=O) groups excluding carboxylic acids is 3. The van der Waals surface area contributed by atoms with E-state index in [9.17, 15) is 14.4 Å². The molecular formula is C24H28ClN5O5S2. The lowest BCUT2D eigenvalue weighted by Gasteiger charge is -2.16. The summed E-state index contributed by atoms with van der Waals surface area (Å²) in [5, 5.41) is 12.6. The summed E-state index contributed by atoms with van der Waals surface area (Å²) in [5.74, 6) is -0.436. The zero-order chi connectivity index (χ0) is 27.3. The van der Waals surface area contributed by atoms with Crippen molar-refractivity contribution in [3.63, 3.8) is 0 Å². The highest BCUT2D eigenvalue weighted by atomic mass is 35.5. The molecule has 1 aromatic carbocycles. The Morgan fingerprint density at radius 1 is 1.24 bits per heavy atom. The van der Waals surface area contributed by atoms with Crippen LogP contribution in [0.2, 0.25) is 5.02 Å². The quantitative estimate of drug-likeness (QED) is 0.250. The van der Waals surface area contributed by atoms with Crippen molar-refractivity contribution in [3.05, 3.63) is 50.6 Å². The van der Waals surface area contributed by atoms with Crippen LogP contribution >= 0.6 is 34.7 Å². The number of halogens is 1. The lowest BCUT2D eigenvalue weighted by molar-refractivity contribution is -0.113. The lowest BCUT2D eigenvalue weighted by atomic mass is 10.1. The first-order chi connectivity index (χ1) is 17.6. The molecule has 1 unspecified atom stereocenters. The van der Waals surface area contributed by atoms with Gasteiger partial charge in [-0.05, 0) is 63.9 Å². The minimum absolute atomic E-state index is 0.00509. The molecule has 3 N–H and O–H groups in total. The molecule has 3 rings (SSSR count). The second-order valence-corrected chi connectivity index (χ2v) is 10.3. The van der Waals surface area contributed by atoms with Crippen LogP contribution in [-0.4, -0.2) is 44.9 Å². The topological polar surface area (TPSA) is 138 Å². The fourth-order valence-electron chi connectivity index (χ4n) is 3.53. The van der Waals surface area contributed by atoms with Gasteiger partial charge in [0.15, 0.2) is 17.1 Å². The molecule has 198 valence electrons. The van der Waals surface area contributed by atoms with Gasteiger partial charge in [0.1, 0.15) is 10.8 Å². The SMILES string of the molecule is CCOC(=O)c1c(NC(=O)CSc2nnc(C(C)Oc3ccc(Cl)c(C)c3)n2CC)sc(C(N)=O)c1C. The van der Waals surface area contributed by atoms with Crippen LogP contribution in [0, 0.1) is 13.8 Å². The van der Waals surface area contributed by atoms with Crippen molar-refractivity contribution in [2.24, 2.45) is 5.73 Å². The summed E-state index contributed by atoms with van der Waals surface area (Å²) in [4.78, 5) is 37.2. The van der Waals surface area contributed by atoms with Gasteiger partial charge in [-0.25, -0.2) is 4.79 Å². The first-order valence-corrected chi connectivity index (χ1v) is 13.6. The van der Waals surface area contributed by atoms with Crippen LogP contribution < -0.4 is 15.8 Å². The highest BCUT2D eigenvalue weighted by Gasteiger charge is 2.26. The molecule has 0 saturated carbocycles. The number of primary amides is 1. The number of esters is 1. The van der Waals surface area contributed by atoms with E-state index in [1.165, 1.54) is 11.8 Å². The number of thiophene rings is 1. The summed E-state index contributed by atoms with van der Waals surface area (Å²) < 4.78 is 13.0. The number of thioether (sulfide) groups is 1. The molecule has 2 amide bonds. The molecule has 0 spiro atoms. The predicted octanol–water partition coefficient (Wildman–Crippen LogP) is 4.78. The van der Waals surface area contributed by atoms with E-state index >= 15 is 0 Å². The molecular weight excluding hydrogens is 538 g/mol. The van der Waals surface area contributed by atoms with Gasteiger partial charge >= 0.3 is 5.97 Å². The summed E-state index contributed by atoms with van der Waals surface area (Å²) in [6.45, 7) is 9.69. The Labute approximate surface area is 227 Å². The monoisotopic (exact) mass is 565 g/mol. The third kappa shape index (κ3) is 6.62. The Morgan fingerprint density at radius 2 is 1.97 bits per heavy atom. The molecule has 0 bridgehead atoms. The molecule has 1 atom stereocenters. The van der Waals surface area contributed by atoms with Gasteiger partial charge in [-0.15, -0.1) is 21.5 Å². The van der Waals surface area contributed by atoms with E-state index in [4.69, 9.17) is 26.8 Å². The first-order valence-electron chi connectivity index (χ1n) is 11.5. The van der Waals surface area contributed by atoms with E-state index in [0.29, 0.717) is 33.9 Å². The van der Waals surface area contributed by atoms with Gasteiger partial charge < -0.3 is 25.1 Å². The number of nitrogens with two attached hydrogens (primary N) is 1. The summed E-state index contributed by atoms with van der Waals surface area (Å²) in [6, 6.07) is 5.42. The Hall–Kier alpha value is -3.09. The van der Waals surface area contributed by atoms with Crippen molar-refractivity contribution < 1.29 is 23.9 Å². The van der Waals surface area contributed by atoms with Crippen LogP contribution in [-0.2, 0) is 16.1 Å². The summed E-state index contributed by atoms with van der Waals surface area (Å²) in [6.07, 6.45) is -0.398. The van der Waals surface area contributed by atoms with Crippen LogP contribution in [0.3, 0.4) is 0 Å². The highest BCUT2D eigenvalue weighted by Crippen LogP contribution is 2.34. The van der Waals surface area contributed by atoms with Gasteiger partial charge in [-0.3, -0.25) is 9.59 Å². The van der Waals surface area contributed by atoms with Crippen LogP contribution in [0.25, 0.3) is 0 Å². The molecule has 0 aliphatic rings. The maximum absolute atomic E-state index is 12.8. The number of ether oxygens (including phenoxy) is 2. The van der Waals surface area contributed by atoms with E-state index in [1.807, 2.05) is 31.4 Å². The van der Waals surface area contributed by atoms with Gasteiger partial charge in [0.25, 0.3) is 5.91 Å². The van der Waals surface area contributed by atoms with E-state index in [1.54, 1.807) is 26.0 Å². The largest absolute Gasteiger partial charge is 0.483 e. The van der Waals surface area contributed by atoms with Crippen LogP contribution in [0.5, 0.6) is 5.75 Å². The van der Waals surface area contributed by atoms with Crippen molar-refractivity contribution in [1.29, 1.82) is 0 Å². The molecule has 2 heterocycles. The average molecular weight is 566 g/mol. The van der Waals surface area contributed by atoms with Gasteiger partial charge in [0, 0.05) is 11.6 Å². The van der Waals surface area contributed by atoms with Crippen molar-refractivity contribution in [2.45, 2.75) is 52.4 Å². The van der Waals surface area contributed by atoms with Gasteiger partial charge in [0.05, 0.1) is 22.8 Å². The minimum Gasteiger partial charge on any atom is -0.483 e. The summed E-state index contributed by atoms with van der Waals surface area (Å²) in [5.41, 5.74) is 6.83. The number of benzene rings is 1. The summed E-state index contributed by atoms with van der Waals surface area (Å²) in [7, 11) is 0. The normalized spacial score (nSPS) is 11.7. The van der Waals surface area contributed by atoms with Crippen molar-refractivity contribution in [2.75, 3.05) is 17.7 Å². The standard InChI is InChI=1S/C24H28ClN5O5S2/c1-6-30-21(14(5)35-15-8-9-16(25)12(3)10-15)28-29-24(30)36-11-17(31)27-22-18(23(33)34-7-2)13(4)19(37-22)20(26)32/h8-10,14H,6-7,11H2,1-5H3,(H2,26,32)(H,27,31). The van der Waals surface area contributed by atoms with Gasteiger partial charge in [-0.2, -0.15) is 0 Å². The number of anilines is 1. The number of hydrogen-bond acceptors (Lipinski definition) is 9. The first kappa shape index (κ1) is 28.5. The van der Waals surface area contributed by atoms with Crippen molar-refractivity contribution in [3.8, 4) is 5.75 Å². The van der Waals surface area contributed by atoms with E-state index in [-0.39, 0.29) is 33.7 Å². The van der Waals surface area contributed by atoms with E-state index in [0.717, 1.165) is 16.9 Å². The molecule has 0 aliphatic heterocycles. The summed E-state index contributed by atoms with van der Waals surface area (Å²) >= 11 is 8.23. The van der Waals surface area contributed by atoms with Gasteiger partial charge in [-0.1, -0.05) is 23.4 Å². The molecule has 0 radical (unpaired) electrons. The zero-order valence-electron chi connectivity index (χ0n) is 21.1. The van der Waals surface area contributed by atoms with Crippen LogP contribution in [0.4, 0.5) is 5.00 Å². The number of hydrogen-bond donors (Lipinski definition) is 2. The van der Waals surface area contributed by atoms with Gasteiger partial charge in [0.2, 0.25) is 5.91 Å². The molecule has 0 fully saturated rings. The minimum atomic E-state index is -0.684. The number of amides is 2. The van der Waals surface area contributed by atoms with Crippen molar-refractivity contribution in [1.82, 2.24) is 14.8 Å². The fourth-order valence-corrected chi connectivity index (χ4v) is 5.52. The smallest absolute Gasteiger partial charge is 0.341 e. The predicted molar refractivity (Wildman–Crippen MR) is 144 cm³/mol. The number of carbonyl (C=O) groups is 3. The number of nitrogens with one attached hydrogen (secondary N) is 1. The Balaban J connectivity index is 1.71. The Bertz CT molecular complexity index is 1320. The molecule has 3 aromatic rings. The molecule has 13 heteroatoms. The zero-order valence-corrected chi connectivity index (χ0v) is 23.5. The molecule has 0 saturated heterocycles. The second-order valence-electron chi connectivity index (χ2n) is 7.94. The fraction of sp³-hybridized carbons (Fsp3) is 0.375. The highest BCUT2D eigenvalue weighted by molar-refractivity contribution is 7.99. The molecule has 37 heavy (non-hydrogen) atoms. The third-order valence-electron chi connectivity index (χ3n) is 5.30. The number of nitrogens with zero attached hydrogens (tertiary/aromatic N) is 3. The van der Waals surface area contributed by atoms with E-state index < -0.39 is 18.0 Å². The maximum Gasteiger partial charge on any atom is 0.341 e. The number of aromatic nitrogens is 3. The van der Waals surface area contributed by atoms with E-state index in [2.05, 4.69) is 15.5 Å². The molecule has 2 aromatic heterocycles. The third-order valence-corrected chi connectivity index (χ3v) is 7.92. The number of aryl methyl sites for hydroxylation is 1. The molecule has 10 nitrogen and oxygen atoms in total. The van der Waals surface area contributed by atoms with Crippen LogP contribution in [0.1, 0.15) is 63.9 Å². The van der Waals surface area contributed by atoms with Crippen molar-refractivity contribution >= 4 is 57.5 Å². The van der Waals surface area contributed by atoms with Crippen LogP contribution in [0.15, 0.2) is 23.4 Å². The number of rotatable bonds is 11. The Morgan fingerprint density at radius 3 is 2.59 bits per heavy atom. The maximum atomic E-state index is 12.8. The second kappa shape index (κ2) is 12.4. The average Bonchev–Trinajstić information content (AvgIpc) is 3.40.